The summed E-state index contributed by atoms with van der Waals surface area (Å²) in [5.74, 6) is 0. The van der Waals surface area contributed by atoms with Gasteiger partial charge in [0, 0.05) is 6.42 Å². The lowest BCUT2D eigenvalue weighted by molar-refractivity contribution is 1.27. The van der Waals surface area contributed by atoms with Gasteiger partial charge in [0.25, 0.3) is 0 Å². The maximum Gasteiger partial charge on any atom is 0.00315 e. The van der Waals surface area contributed by atoms with Crippen molar-refractivity contribution in [1.82, 2.24) is 0 Å². The van der Waals surface area contributed by atoms with Crippen LogP contribution in [0.25, 0.3) is 0 Å². The van der Waals surface area contributed by atoms with Crippen molar-refractivity contribution in [3.8, 4) is 0 Å². The quantitative estimate of drug-likeness (QED) is 0.619. The van der Waals surface area contributed by atoms with Gasteiger partial charge < -0.3 is 0 Å². The molecule has 0 aromatic carbocycles. The summed E-state index contributed by atoms with van der Waals surface area (Å²) >= 11 is 3.32. The average molecular weight is 185 g/mol. The number of allylic oxidation sites excluding steroid dienone is 5. The van der Waals surface area contributed by atoms with Crippen molar-refractivity contribution in [2.24, 2.45) is 0 Å². The first-order chi connectivity index (χ1) is 4.29. The van der Waals surface area contributed by atoms with E-state index >= 15 is 0 Å². The highest BCUT2D eigenvalue weighted by Crippen LogP contribution is 2.19. The summed E-state index contributed by atoms with van der Waals surface area (Å²) in [5, 5.41) is 0. The van der Waals surface area contributed by atoms with E-state index in [1.807, 2.05) is 0 Å². The lowest BCUT2D eigenvalue weighted by Gasteiger charge is -1.93. The first-order valence-electron chi connectivity index (χ1n) is 2.98. The van der Waals surface area contributed by atoms with E-state index in [-0.39, 0.29) is 0 Å². The first-order valence-corrected chi connectivity index (χ1v) is 3.77. The van der Waals surface area contributed by atoms with Crippen LogP contribution in [0.2, 0.25) is 0 Å². The highest BCUT2D eigenvalue weighted by atomic mass is 79.9. The molecule has 48 valence electrons. The van der Waals surface area contributed by atoms with Crippen molar-refractivity contribution in [2.75, 3.05) is 0 Å². The van der Waals surface area contributed by atoms with E-state index in [2.05, 4.69) is 40.7 Å². The standard InChI is InChI=1S/C8H9Br/c1-7(9)6-8-4-2-3-5-8/h2,4-5H,1,3,6H2. The van der Waals surface area contributed by atoms with Crippen molar-refractivity contribution in [1.29, 1.82) is 0 Å². The molecule has 1 aliphatic rings. The Hall–Kier alpha value is -0.300. The lowest BCUT2D eigenvalue weighted by atomic mass is 10.2. The summed E-state index contributed by atoms with van der Waals surface area (Å²) in [6.45, 7) is 3.76. The van der Waals surface area contributed by atoms with Crippen LogP contribution in [0.1, 0.15) is 12.8 Å². The minimum atomic E-state index is 0.969. The van der Waals surface area contributed by atoms with Crippen LogP contribution in [0.5, 0.6) is 0 Å². The summed E-state index contributed by atoms with van der Waals surface area (Å²) in [5.41, 5.74) is 1.37. The van der Waals surface area contributed by atoms with Gasteiger partial charge in [-0.15, -0.1) is 0 Å². The molecule has 0 atom stereocenters. The maximum atomic E-state index is 3.76. The zero-order chi connectivity index (χ0) is 6.69. The Morgan fingerprint density at radius 3 is 3.00 bits per heavy atom. The van der Waals surface area contributed by atoms with E-state index < -0.39 is 0 Å². The normalized spacial score (nSPS) is 15.9. The molecule has 0 nitrogen and oxygen atoms in total. The molecule has 0 radical (unpaired) electrons. The monoisotopic (exact) mass is 184 g/mol. The lowest BCUT2D eigenvalue weighted by Crippen LogP contribution is -1.72. The second-order valence-corrected chi connectivity index (χ2v) is 3.23. The molecule has 0 bridgehead atoms. The number of halogens is 1. The van der Waals surface area contributed by atoms with Gasteiger partial charge in [-0.1, -0.05) is 40.7 Å². The van der Waals surface area contributed by atoms with E-state index in [0.717, 1.165) is 17.3 Å². The van der Waals surface area contributed by atoms with Gasteiger partial charge in [0.2, 0.25) is 0 Å². The van der Waals surface area contributed by atoms with Crippen molar-refractivity contribution < 1.29 is 0 Å². The van der Waals surface area contributed by atoms with Crippen LogP contribution in [0, 0.1) is 0 Å². The molecule has 0 N–H and O–H groups in total. The molecular weight excluding hydrogens is 176 g/mol. The van der Waals surface area contributed by atoms with Crippen LogP contribution in [-0.2, 0) is 0 Å². The van der Waals surface area contributed by atoms with Gasteiger partial charge in [-0.25, -0.2) is 0 Å². The fourth-order valence-electron chi connectivity index (χ4n) is 0.859. The van der Waals surface area contributed by atoms with Crippen molar-refractivity contribution in [3.63, 3.8) is 0 Å². The Balaban J connectivity index is 2.45. The Kier molecular flexibility index (Phi) is 2.29. The summed E-state index contributed by atoms with van der Waals surface area (Å²) in [7, 11) is 0. The zero-order valence-corrected chi connectivity index (χ0v) is 6.82. The van der Waals surface area contributed by atoms with Crippen molar-refractivity contribution in [3.05, 3.63) is 34.9 Å². The molecule has 0 aliphatic heterocycles. The molecule has 0 heterocycles. The van der Waals surface area contributed by atoms with Gasteiger partial charge in [-0.3, -0.25) is 0 Å². The molecule has 0 amide bonds. The number of hydrogen-bond acceptors (Lipinski definition) is 0. The van der Waals surface area contributed by atoms with Gasteiger partial charge in [0.1, 0.15) is 0 Å². The van der Waals surface area contributed by atoms with Gasteiger partial charge in [0.05, 0.1) is 0 Å². The second kappa shape index (κ2) is 3.02. The second-order valence-electron chi connectivity index (χ2n) is 2.11. The smallest absolute Gasteiger partial charge is 0.00315 e. The summed E-state index contributed by atoms with van der Waals surface area (Å²) in [6.07, 6.45) is 8.58. The zero-order valence-electron chi connectivity index (χ0n) is 5.23. The first kappa shape index (κ1) is 6.81. The molecule has 1 aliphatic carbocycles. The van der Waals surface area contributed by atoms with E-state index in [4.69, 9.17) is 0 Å². The predicted molar refractivity (Wildman–Crippen MR) is 44.5 cm³/mol. The van der Waals surface area contributed by atoms with Gasteiger partial charge in [-0.05, 0) is 16.5 Å². The Labute approximate surface area is 64.1 Å². The van der Waals surface area contributed by atoms with Crippen molar-refractivity contribution >= 4 is 15.9 Å². The van der Waals surface area contributed by atoms with Crippen LogP contribution < -0.4 is 0 Å². The SMILES string of the molecule is C=C(Br)CC1=CCC=C1. The number of rotatable bonds is 2. The largest absolute Gasteiger partial charge is 0.0885 e. The highest BCUT2D eigenvalue weighted by Gasteiger charge is 1.96. The molecule has 0 fully saturated rings. The van der Waals surface area contributed by atoms with Gasteiger partial charge in [0.15, 0.2) is 0 Å². The maximum absolute atomic E-state index is 3.76. The predicted octanol–water partition coefficient (Wildman–Crippen LogP) is 3.17. The Morgan fingerprint density at radius 1 is 1.78 bits per heavy atom. The number of hydrogen-bond donors (Lipinski definition) is 0. The Bertz CT molecular complexity index is 175. The minimum Gasteiger partial charge on any atom is -0.0885 e. The topological polar surface area (TPSA) is 0 Å². The molecule has 0 saturated carbocycles. The minimum absolute atomic E-state index is 0.969. The van der Waals surface area contributed by atoms with Gasteiger partial charge in [-0.2, -0.15) is 0 Å². The molecule has 0 aromatic rings. The molecule has 0 unspecified atom stereocenters. The van der Waals surface area contributed by atoms with E-state index in [1.165, 1.54) is 5.57 Å². The van der Waals surface area contributed by atoms with Crippen LogP contribution in [0.3, 0.4) is 0 Å². The summed E-state index contributed by atoms with van der Waals surface area (Å²) in [4.78, 5) is 0. The third kappa shape index (κ3) is 2.19. The Morgan fingerprint density at radius 2 is 2.56 bits per heavy atom. The van der Waals surface area contributed by atoms with Gasteiger partial charge >= 0.3 is 0 Å². The molecular formula is C8H9Br. The highest BCUT2D eigenvalue weighted by molar-refractivity contribution is 9.11. The summed E-state index contributed by atoms with van der Waals surface area (Å²) in [6, 6.07) is 0. The van der Waals surface area contributed by atoms with E-state index in [1.54, 1.807) is 0 Å². The third-order valence-electron chi connectivity index (χ3n) is 1.24. The fraction of sp³-hybridized carbons (Fsp3) is 0.250. The van der Waals surface area contributed by atoms with Crippen LogP contribution in [-0.4, -0.2) is 0 Å². The van der Waals surface area contributed by atoms with Crippen LogP contribution >= 0.6 is 15.9 Å². The molecule has 0 aromatic heterocycles. The van der Waals surface area contributed by atoms with E-state index in [9.17, 15) is 0 Å². The fourth-order valence-corrected chi connectivity index (χ4v) is 1.18. The summed E-state index contributed by atoms with van der Waals surface area (Å²) < 4.78 is 1.06. The molecule has 1 heteroatoms. The molecule has 0 spiro atoms. The molecule has 0 saturated heterocycles. The molecule has 9 heavy (non-hydrogen) atoms. The molecule has 1 rings (SSSR count). The van der Waals surface area contributed by atoms with Crippen LogP contribution in [0.4, 0.5) is 0 Å². The average Bonchev–Trinajstić information content (AvgIpc) is 2.15. The van der Waals surface area contributed by atoms with Crippen LogP contribution in [0.15, 0.2) is 34.9 Å². The van der Waals surface area contributed by atoms with Crippen molar-refractivity contribution in [2.45, 2.75) is 12.8 Å². The van der Waals surface area contributed by atoms with E-state index in [0.29, 0.717) is 0 Å². The third-order valence-corrected chi connectivity index (χ3v) is 1.52.